The summed E-state index contributed by atoms with van der Waals surface area (Å²) < 4.78 is 4.89. The van der Waals surface area contributed by atoms with Crippen molar-refractivity contribution in [2.75, 3.05) is 12.4 Å². The van der Waals surface area contributed by atoms with Gasteiger partial charge < -0.3 is 20.3 Å². The van der Waals surface area contributed by atoms with Crippen molar-refractivity contribution in [3.05, 3.63) is 53.6 Å². The van der Waals surface area contributed by atoms with Gasteiger partial charge in [-0.2, -0.15) is 0 Å². The number of amides is 1. The fraction of sp³-hybridized carbons (Fsp3) is 0.0667. The van der Waals surface area contributed by atoms with E-state index >= 15 is 0 Å². The number of carboxylic acid groups (broad SMARTS) is 1. The van der Waals surface area contributed by atoms with Gasteiger partial charge in [-0.3, -0.25) is 4.79 Å². The Hall–Kier alpha value is -3.02. The molecule has 0 aliphatic rings. The number of phenolic OH excluding ortho intramolecular Hbond substituents is 1. The summed E-state index contributed by atoms with van der Waals surface area (Å²) in [4.78, 5) is 22.9. The van der Waals surface area contributed by atoms with Crippen molar-refractivity contribution >= 4 is 17.6 Å². The molecular weight excluding hydrogens is 274 g/mol. The van der Waals surface area contributed by atoms with Crippen LogP contribution in [0.2, 0.25) is 0 Å². The van der Waals surface area contributed by atoms with Crippen LogP contribution >= 0.6 is 0 Å². The number of carboxylic acids is 1. The van der Waals surface area contributed by atoms with Crippen LogP contribution in [0.25, 0.3) is 0 Å². The molecule has 3 N–H and O–H groups in total. The molecule has 0 bridgehead atoms. The van der Waals surface area contributed by atoms with Crippen molar-refractivity contribution in [1.82, 2.24) is 0 Å². The number of carbonyl (C=O) groups is 2. The number of anilines is 1. The smallest absolute Gasteiger partial charge is 0.335 e. The number of hydrogen-bond acceptors (Lipinski definition) is 4. The van der Waals surface area contributed by atoms with Gasteiger partial charge in [0, 0.05) is 11.3 Å². The standard InChI is InChI=1S/C15H13NO5/c1-21-13-6-5-9(8-12(13)17)14(18)16-11-4-2-3-10(7-11)15(19)20/h2-8,17H,1H3,(H,16,18)(H,19,20). The molecule has 6 nitrogen and oxygen atoms in total. The lowest BCUT2D eigenvalue weighted by Crippen LogP contribution is -2.12. The molecule has 0 aliphatic heterocycles. The Bertz CT molecular complexity index is 696. The van der Waals surface area contributed by atoms with Gasteiger partial charge in [-0.25, -0.2) is 4.79 Å². The van der Waals surface area contributed by atoms with Gasteiger partial charge in [0.1, 0.15) is 0 Å². The minimum atomic E-state index is -1.08. The average molecular weight is 287 g/mol. The van der Waals surface area contributed by atoms with Crippen LogP contribution in [0.3, 0.4) is 0 Å². The van der Waals surface area contributed by atoms with Gasteiger partial charge in [0.15, 0.2) is 11.5 Å². The highest BCUT2D eigenvalue weighted by molar-refractivity contribution is 6.05. The van der Waals surface area contributed by atoms with Gasteiger partial charge in [-0.1, -0.05) is 6.07 Å². The Morgan fingerprint density at radius 3 is 2.48 bits per heavy atom. The number of phenols is 1. The van der Waals surface area contributed by atoms with Crippen molar-refractivity contribution in [3.8, 4) is 11.5 Å². The molecule has 0 aromatic heterocycles. The predicted molar refractivity (Wildman–Crippen MR) is 76.0 cm³/mol. The number of rotatable bonds is 4. The fourth-order valence-electron chi connectivity index (χ4n) is 1.76. The van der Waals surface area contributed by atoms with Gasteiger partial charge in [-0.05, 0) is 36.4 Å². The summed E-state index contributed by atoms with van der Waals surface area (Å²) in [7, 11) is 1.41. The van der Waals surface area contributed by atoms with Crippen LogP contribution in [0.15, 0.2) is 42.5 Å². The first-order chi connectivity index (χ1) is 10.0. The average Bonchev–Trinajstić information content (AvgIpc) is 2.47. The van der Waals surface area contributed by atoms with E-state index in [4.69, 9.17) is 9.84 Å². The van der Waals surface area contributed by atoms with E-state index < -0.39 is 11.9 Å². The van der Waals surface area contributed by atoms with E-state index in [-0.39, 0.29) is 22.6 Å². The molecule has 0 fully saturated rings. The zero-order valence-electron chi connectivity index (χ0n) is 11.2. The lowest BCUT2D eigenvalue weighted by Gasteiger charge is -2.08. The summed E-state index contributed by atoms with van der Waals surface area (Å²) in [5.74, 6) is -1.42. The van der Waals surface area contributed by atoms with Crippen LogP contribution in [-0.2, 0) is 0 Å². The van der Waals surface area contributed by atoms with Gasteiger partial charge in [-0.15, -0.1) is 0 Å². The van der Waals surface area contributed by atoms with Crippen LogP contribution in [0.4, 0.5) is 5.69 Å². The van der Waals surface area contributed by atoms with Crippen molar-refractivity contribution in [3.63, 3.8) is 0 Å². The summed E-state index contributed by atoms with van der Waals surface area (Å²) in [6, 6.07) is 10.1. The first-order valence-corrected chi connectivity index (χ1v) is 6.03. The first kappa shape index (κ1) is 14.4. The molecule has 0 atom stereocenters. The third kappa shape index (κ3) is 3.30. The number of benzene rings is 2. The van der Waals surface area contributed by atoms with E-state index in [1.54, 1.807) is 6.07 Å². The molecule has 0 unspecified atom stereocenters. The molecule has 0 spiro atoms. The lowest BCUT2D eigenvalue weighted by atomic mass is 10.1. The Balaban J connectivity index is 2.20. The van der Waals surface area contributed by atoms with Crippen LogP contribution < -0.4 is 10.1 Å². The summed E-state index contributed by atoms with van der Waals surface area (Å²) in [5.41, 5.74) is 0.662. The lowest BCUT2D eigenvalue weighted by molar-refractivity contribution is 0.0696. The maximum atomic E-state index is 12.0. The number of aromatic carboxylic acids is 1. The Labute approximate surface area is 120 Å². The third-order valence-corrected chi connectivity index (χ3v) is 2.81. The Morgan fingerprint density at radius 2 is 1.86 bits per heavy atom. The molecule has 6 heteroatoms. The highest BCUT2D eigenvalue weighted by Crippen LogP contribution is 2.26. The van der Waals surface area contributed by atoms with Gasteiger partial charge >= 0.3 is 5.97 Å². The molecule has 1 amide bonds. The number of ether oxygens (including phenoxy) is 1. The van der Waals surface area contributed by atoms with E-state index in [1.807, 2.05) is 0 Å². The molecule has 2 aromatic rings. The molecule has 108 valence electrons. The van der Waals surface area contributed by atoms with E-state index in [9.17, 15) is 14.7 Å². The summed E-state index contributed by atoms with van der Waals surface area (Å²) >= 11 is 0. The number of carbonyl (C=O) groups excluding carboxylic acids is 1. The second kappa shape index (κ2) is 5.96. The van der Waals surface area contributed by atoms with Gasteiger partial charge in [0.25, 0.3) is 5.91 Å². The third-order valence-electron chi connectivity index (χ3n) is 2.81. The second-order valence-corrected chi connectivity index (χ2v) is 4.23. The van der Waals surface area contributed by atoms with Crippen LogP contribution in [0.1, 0.15) is 20.7 Å². The number of nitrogens with one attached hydrogen (secondary N) is 1. The fourth-order valence-corrected chi connectivity index (χ4v) is 1.76. The van der Waals surface area contributed by atoms with Crippen molar-refractivity contribution in [2.45, 2.75) is 0 Å². The van der Waals surface area contributed by atoms with Gasteiger partial charge in [0.05, 0.1) is 12.7 Å². The quantitative estimate of drug-likeness (QED) is 0.802. The van der Waals surface area contributed by atoms with Crippen LogP contribution in [0.5, 0.6) is 11.5 Å². The highest BCUT2D eigenvalue weighted by atomic mass is 16.5. The number of methoxy groups -OCH3 is 1. The summed E-state index contributed by atoms with van der Waals surface area (Å²) in [5, 5.41) is 21.1. The molecule has 21 heavy (non-hydrogen) atoms. The second-order valence-electron chi connectivity index (χ2n) is 4.23. The predicted octanol–water partition coefficient (Wildman–Crippen LogP) is 2.35. The molecular formula is C15H13NO5. The summed E-state index contributed by atoms with van der Waals surface area (Å²) in [6.07, 6.45) is 0. The van der Waals surface area contributed by atoms with Gasteiger partial charge in [0.2, 0.25) is 0 Å². The molecule has 0 saturated heterocycles. The molecule has 0 heterocycles. The Kier molecular flexibility index (Phi) is 4.08. The SMILES string of the molecule is COc1ccc(C(=O)Nc2cccc(C(=O)O)c2)cc1O. The monoisotopic (exact) mass is 287 g/mol. The molecule has 0 saturated carbocycles. The Morgan fingerprint density at radius 1 is 1.10 bits per heavy atom. The number of hydrogen-bond donors (Lipinski definition) is 3. The van der Waals surface area contributed by atoms with E-state index in [1.165, 1.54) is 43.5 Å². The minimum Gasteiger partial charge on any atom is -0.504 e. The maximum absolute atomic E-state index is 12.0. The topological polar surface area (TPSA) is 95.9 Å². The van der Waals surface area contributed by atoms with Crippen molar-refractivity contribution in [2.24, 2.45) is 0 Å². The molecule has 2 aromatic carbocycles. The largest absolute Gasteiger partial charge is 0.504 e. The van der Waals surface area contributed by atoms with Crippen LogP contribution in [-0.4, -0.2) is 29.2 Å². The highest BCUT2D eigenvalue weighted by Gasteiger charge is 2.11. The molecule has 0 aliphatic carbocycles. The summed E-state index contributed by atoms with van der Waals surface area (Å²) in [6.45, 7) is 0. The van der Waals surface area contributed by atoms with E-state index in [2.05, 4.69) is 5.32 Å². The van der Waals surface area contributed by atoms with E-state index in [0.29, 0.717) is 5.69 Å². The normalized spacial score (nSPS) is 9.95. The maximum Gasteiger partial charge on any atom is 0.335 e. The zero-order valence-corrected chi connectivity index (χ0v) is 11.2. The zero-order chi connectivity index (χ0) is 15.4. The van der Waals surface area contributed by atoms with Crippen LogP contribution in [0, 0.1) is 0 Å². The van der Waals surface area contributed by atoms with Crippen molar-refractivity contribution < 1.29 is 24.5 Å². The van der Waals surface area contributed by atoms with Crippen molar-refractivity contribution in [1.29, 1.82) is 0 Å². The van der Waals surface area contributed by atoms with E-state index in [0.717, 1.165) is 0 Å². The molecule has 2 rings (SSSR count). The number of aromatic hydroxyl groups is 1. The molecule has 0 radical (unpaired) electrons. The first-order valence-electron chi connectivity index (χ1n) is 6.03. The minimum absolute atomic E-state index is 0.0744.